The van der Waals surface area contributed by atoms with Crippen LogP contribution < -0.4 is 16.3 Å². The van der Waals surface area contributed by atoms with Gasteiger partial charge in [-0.15, -0.1) is 0 Å². The minimum absolute atomic E-state index is 0.180. The van der Waals surface area contributed by atoms with E-state index in [4.69, 9.17) is 8.83 Å². The van der Waals surface area contributed by atoms with E-state index in [0.29, 0.717) is 27.7 Å². The number of hydrogen-bond acceptors (Lipinski definition) is 6. The average Bonchev–Trinajstić information content (AvgIpc) is 3.29. The number of rotatable bonds is 8. The third-order valence-corrected chi connectivity index (χ3v) is 6.46. The predicted octanol–water partition coefficient (Wildman–Crippen LogP) is 3.71. The summed E-state index contributed by atoms with van der Waals surface area (Å²) in [4.78, 5) is 48.8. The fraction of sp³-hybridized carbons (Fsp3) is 0.286. The Morgan fingerprint density at radius 2 is 1.68 bits per heavy atom. The normalized spacial score (nSPS) is 12.1. The van der Waals surface area contributed by atoms with Crippen molar-refractivity contribution in [1.82, 2.24) is 10.6 Å². The van der Waals surface area contributed by atoms with E-state index in [0.717, 1.165) is 16.5 Å². The van der Waals surface area contributed by atoms with Gasteiger partial charge in [-0.2, -0.15) is 0 Å². The topological polar surface area (TPSA) is 139 Å². The molecule has 0 unspecified atom stereocenters. The highest BCUT2D eigenvalue weighted by atomic mass is 16.4. The lowest BCUT2D eigenvalue weighted by atomic mass is 9.97. The van der Waals surface area contributed by atoms with Crippen molar-refractivity contribution in [2.45, 2.75) is 40.2 Å². The van der Waals surface area contributed by atoms with Crippen LogP contribution in [0.5, 0.6) is 0 Å². The van der Waals surface area contributed by atoms with Gasteiger partial charge in [0.05, 0.1) is 24.8 Å². The molecule has 0 fully saturated rings. The molecule has 192 valence electrons. The minimum Gasteiger partial charge on any atom is -0.480 e. The average molecular weight is 505 g/mol. The van der Waals surface area contributed by atoms with Crippen LogP contribution in [0, 0.1) is 19.8 Å². The number of carboxylic acid groups (broad SMARTS) is 1. The summed E-state index contributed by atoms with van der Waals surface area (Å²) in [6, 6.07) is 10.6. The van der Waals surface area contributed by atoms with Crippen LogP contribution in [0.15, 0.2) is 56.3 Å². The second kappa shape index (κ2) is 10.3. The van der Waals surface area contributed by atoms with Crippen LogP contribution in [-0.4, -0.2) is 35.5 Å². The van der Waals surface area contributed by atoms with Gasteiger partial charge in [0, 0.05) is 21.9 Å². The predicted molar refractivity (Wildman–Crippen MR) is 138 cm³/mol. The van der Waals surface area contributed by atoms with Gasteiger partial charge in [-0.05, 0) is 37.0 Å². The molecule has 0 bridgehead atoms. The zero-order chi connectivity index (χ0) is 26.9. The van der Waals surface area contributed by atoms with Crippen molar-refractivity contribution in [3.8, 4) is 11.1 Å². The SMILES string of the molecule is Cc1c(CC(=O)NCC(=O)N[C@H](C(=O)O)C(C)C)c(=O)oc2c(C)c3occ(-c4ccccc4)c3cc12. The molecule has 9 nitrogen and oxygen atoms in total. The number of carbonyl (C=O) groups excluding carboxylic acids is 2. The van der Waals surface area contributed by atoms with Crippen molar-refractivity contribution >= 4 is 39.7 Å². The quantitative estimate of drug-likeness (QED) is 0.311. The molecule has 0 radical (unpaired) electrons. The lowest BCUT2D eigenvalue weighted by Gasteiger charge is -2.18. The summed E-state index contributed by atoms with van der Waals surface area (Å²) in [6.07, 6.45) is 1.38. The van der Waals surface area contributed by atoms with E-state index >= 15 is 0 Å². The van der Waals surface area contributed by atoms with E-state index in [1.54, 1.807) is 27.0 Å². The minimum atomic E-state index is -1.16. The Kier molecular flexibility index (Phi) is 7.15. The maximum Gasteiger partial charge on any atom is 0.340 e. The van der Waals surface area contributed by atoms with Crippen LogP contribution in [-0.2, 0) is 20.8 Å². The number of nitrogens with one attached hydrogen (secondary N) is 2. The number of amides is 2. The zero-order valence-electron chi connectivity index (χ0n) is 21.0. The number of fused-ring (bicyclic) bond motifs is 2. The molecule has 37 heavy (non-hydrogen) atoms. The first-order chi connectivity index (χ1) is 17.6. The molecule has 3 N–H and O–H groups in total. The Morgan fingerprint density at radius 1 is 0.973 bits per heavy atom. The maximum atomic E-state index is 12.8. The van der Waals surface area contributed by atoms with Crippen LogP contribution in [0.4, 0.5) is 0 Å². The summed E-state index contributed by atoms with van der Waals surface area (Å²) in [5.41, 5.74) is 3.70. The van der Waals surface area contributed by atoms with E-state index < -0.39 is 36.0 Å². The van der Waals surface area contributed by atoms with Gasteiger partial charge in [-0.3, -0.25) is 9.59 Å². The third-order valence-electron chi connectivity index (χ3n) is 6.46. The Morgan fingerprint density at radius 3 is 2.32 bits per heavy atom. The fourth-order valence-corrected chi connectivity index (χ4v) is 4.38. The first kappa shape index (κ1) is 25.7. The third kappa shape index (κ3) is 5.11. The van der Waals surface area contributed by atoms with Crippen molar-refractivity contribution in [2.75, 3.05) is 6.54 Å². The highest BCUT2D eigenvalue weighted by molar-refractivity contribution is 6.05. The number of carbonyl (C=O) groups is 3. The van der Waals surface area contributed by atoms with Gasteiger partial charge >= 0.3 is 11.6 Å². The molecule has 2 aromatic heterocycles. The summed E-state index contributed by atoms with van der Waals surface area (Å²) in [5, 5.41) is 15.6. The molecular formula is C28H28N2O7. The monoisotopic (exact) mass is 504 g/mol. The summed E-state index contributed by atoms with van der Waals surface area (Å²) < 4.78 is 11.4. The molecule has 0 aliphatic rings. The Bertz CT molecular complexity index is 1560. The standard InChI is InChI=1S/C28H28N2O7/c1-14(2)24(27(33)34)30-23(32)12-29-22(31)11-19-15(3)18-10-20-21(17-8-6-5-7-9-17)13-36-25(20)16(4)26(18)37-28(19)35/h5-10,13-14,24H,11-12H2,1-4H3,(H,29,31)(H,30,32)(H,33,34)/t24-/m0/s1. The molecule has 2 amide bonds. The maximum absolute atomic E-state index is 12.8. The summed E-state index contributed by atoms with van der Waals surface area (Å²) in [5.74, 6) is -2.68. The largest absolute Gasteiger partial charge is 0.480 e. The zero-order valence-corrected chi connectivity index (χ0v) is 21.0. The first-order valence-electron chi connectivity index (χ1n) is 11.9. The fourth-order valence-electron chi connectivity index (χ4n) is 4.38. The molecular weight excluding hydrogens is 476 g/mol. The van der Waals surface area contributed by atoms with Crippen LogP contribution in [0.3, 0.4) is 0 Å². The Hall–Kier alpha value is -4.40. The van der Waals surface area contributed by atoms with E-state index in [1.165, 1.54) is 0 Å². The smallest absolute Gasteiger partial charge is 0.340 e. The van der Waals surface area contributed by atoms with E-state index in [9.17, 15) is 24.3 Å². The van der Waals surface area contributed by atoms with Gasteiger partial charge in [0.15, 0.2) is 0 Å². The molecule has 0 saturated heterocycles. The molecule has 2 heterocycles. The van der Waals surface area contributed by atoms with Gasteiger partial charge in [0.25, 0.3) is 0 Å². The van der Waals surface area contributed by atoms with Crippen molar-refractivity contribution < 1.29 is 28.3 Å². The Balaban J connectivity index is 1.61. The summed E-state index contributed by atoms with van der Waals surface area (Å²) in [6.45, 7) is 6.49. The number of furan rings is 1. The van der Waals surface area contributed by atoms with E-state index in [-0.39, 0.29) is 17.9 Å². The van der Waals surface area contributed by atoms with E-state index in [2.05, 4.69) is 10.6 Å². The molecule has 0 aliphatic heterocycles. The van der Waals surface area contributed by atoms with Gasteiger partial charge in [0.1, 0.15) is 17.2 Å². The molecule has 4 rings (SSSR count). The van der Waals surface area contributed by atoms with Crippen LogP contribution in [0.25, 0.3) is 33.1 Å². The molecule has 1 atom stereocenters. The second-order valence-corrected chi connectivity index (χ2v) is 9.34. The molecule has 0 spiro atoms. The Labute approximate surface area is 212 Å². The number of hydrogen-bond donors (Lipinski definition) is 3. The van der Waals surface area contributed by atoms with Gasteiger partial charge in [0.2, 0.25) is 11.8 Å². The van der Waals surface area contributed by atoms with Gasteiger partial charge in [-0.1, -0.05) is 44.2 Å². The highest BCUT2D eigenvalue weighted by Gasteiger charge is 2.24. The van der Waals surface area contributed by atoms with Crippen molar-refractivity contribution in [3.63, 3.8) is 0 Å². The first-order valence-corrected chi connectivity index (χ1v) is 11.9. The van der Waals surface area contributed by atoms with Gasteiger partial charge < -0.3 is 24.6 Å². The van der Waals surface area contributed by atoms with E-state index in [1.807, 2.05) is 43.3 Å². The number of aliphatic carboxylic acids is 1. The highest BCUT2D eigenvalue weighted by Crippen LogP contribution is 2.37. The van der Waals surface area contributed by atoms with Crippen molar-refractivity contribution in [1.29, 1.82) is 0 Å². The number of carboxylic acids is 1. The second-order valence-electron chi connectivity index (χ2n) is 9.34. The number of aryl methyl sites for hydroxylation is 2. The van der Waals surface area contributed by atoms with Crippen LogP contribution in [0.1, 0.15) is 30.5 Å². The lowest BCUT2D eigenvalue weighted by molar-refractivity contribution is -0.143. The molecule has 9 heteroatoms. The summed E-state index contributed by atoms with van der Waals surface area (Å²) >= 11 is 0. The lowest BCUT2D eigenvalue weighted by Crippen LogP contribution is -2.48. The molecule has 0 saturated carbocycles. The van der Waals surface area contributed by atoms with Crippen molar-refractivity contribution in [3.05, 3.63) is 69.8 Å². The molecule has 4 aromatic rings. The summed E-state index contributed by atoms with van der Waals surface area (Å²) in [7, 11) is 0. The van der Waals surface area contributed by atoms with Crippen LogP contribution >= 0.6 is 0 Å². The van der Waals surface area contributed by atoms with Crippen molar-refractivity contribution in [2.24, 2.45) is 5.92 Å². The number of benzene rings is 2. The molecule has 0 aliphatic carbocycles. The van der Waals surface area contributed by atoms with Crippen LogP contribution in [0.2, 0.25) is 0 Å². The molecule has 2 aromatic carbocycles. The van der Waals surface area contributed by atoms with Gasteiger partial charge in [-0.25, -0.2) is 9.59 Å².